The minimum Gasteiger partial charge on any atom is -0.223 e. The van der Waals surface area contributed by atoms with Gasteiger partial charge >= 0.3 is 0 Å². The molecule has 1 heterocycles. The first-order chi connectivity index (χ1) is 12.0. The molecule has 0 atom stereocenters. The quantitative estimate of drug-likeness (QED) is 0.772. The van der Waals surface area contributed by atoms with Crippen molar-refractivity contribution in [3.05, 3.63) is 58.1 Å². The lowest BCUT2D eigenvalue weighted by atomic mass is 10.1. The highest BCUT2D eigenvalue weighted by Gasteiger charge is 2.44. The van der Waals surface area contributed by atoms with Gasteiger partial charge in [-0.15, -0.1) is 0 Å². The monoisotopic (exact) mass is 413 g/mol. The van der Waals surface area contributed by atoms with Gasteiger partial charge in [0.1, 0.15) is 0 Å². The van der Waals surface area contributed by atoms with Crippen molar-refractivity contribution in [1.29, 1.82) is 0 Å². The maximum atomic E-state index is 12.9. The number of rotatable bonds is 4. The van der Waals surface area contributed by atoms with Crippen LogP contribution in [0.3, 0.4) is 0 Å². The molecule has 3 rings (SSSR count). The summed E-state index contributed by atoms with van der Waals surface area (Å²) in [5, 5.41) is -0.295. The van der Waals surface area contributed by atoms with Crippen LogP contribution in [0, 0.1) is 20.8 Å². The number of nitrogens with zero attached hydrogens (tertiary/aromatic N) is 1. The fourth-order valence-electron chi connectivity index (χ4n) is 3.31. The van der Waals surface area contributed by atoms with Crippen molar-refractivity contribution < 1.29 is 16.8 Å². The zero-order valence-corrected chi connectivity index (χ0v) is 17.1. The van der Waals surface area contributed by atoms with Gasteiger partial charge in [0.25, 0.3) is 0 Å². The molecule has 0 spiro atoms. The van der Waals surface area contributed by atoms with Crippen molar-refractivity contribution in [2.75, 3.05) is 13.1 Å². The number of hydrogen-bond acceptors (Lipinski definition) is 4. The summed E-state index contributed by atoms with van der Waals surface area (Å²) in [5.41, 5.74) is 2.34. The maximum Gasteiger partial charge on any atom is 0.243 e. The van der Waals surface area contributed by atoms with Crippen molar-refractivity contribution in [3.63, 3.8) is 0 Å². The Morgan fingerprint density at radius 1 is 0.923 bits per heavy atom. The minimum atomic E-state index is -3.71. The van der Waals surface area contributed by atoms with Gasteiger partial charge in [-0.2, -0.15) is 4.31 Å². The molecule has 0 saturated carbocycles. The first kappa shape index (κ1) is 19.4. The number of sulfone groups is 1. The maximum absolute atomic E-state index is 12.9. The standard InChI is InChI=1S/C18H20ClNO4S2/c1-12-8-13(2)18(14(3)9-12)26(23,24)20-10-17(11-20)25(21,22)16-6-4-15(19)5-7-16/h4-9,17H,10-11H2,1-3H3. The Bertz CT molecular complexity index is 1030. The van der Waals surface area contributed by atoms with Crippen molar-refractivity contribution in [3.8, 4) is 0 Å². The van der Waals surface area contributed by atoms with E-state index in [9.17, 15) is 16.8 Å². The van der Waals surface area contributed by atoms with Gasteiger partial charge in [0, 0.05) is 18.1 Å². The Morgan fingerprint density at radius 2 is 1.42 bits per heavy atom. The average molecular weight is 414 g/mol. The molecule has 1 aliphatic rings. The molecule has 1 saturated heterocycles. The highest BCUT2D eigenvalue weighted by atomic mass is 35.5. The van der Waals surface area contributed by atoms with Crippen molar-refractivity contribution >= 4 is 31.5 Å². The predicted molar refractivity (Wildman–Crippen MR) is 102 cm³/mol. The van der Waals surface area contributed by atoms with Crippen LogP contribution in [0.5, 0.6) is 0 Å². The molecule has 0 aromatic heterocycles. The molecule has 5 nitrogen and oxygen atoms in total. The molecule has 1 aliphatic heterocycles. The molecular formula is C18H20ClNO4S2. The summed E-state index contributed by atoms with van der Waals surface area (Å²) in [4.78, 5) is 0.428. The topological polar surface area (TPSA) is 71.5 Å². The second-order valence-electron chi connectivity index (χ2n) is 6.67. The fraction of sp³-hybridized carbons (Fsp3) is 0.333. The van der Waals surface area contributed by atoms with E-state index in [2.05, 4.69) is 0 Å². The van der Waals surface area contributed by atoms with Gasteiger partial charge < -0.3 is 0 Å². The Balaban J connectivity index is 1.84. The molecule has 0 unspecified atom stereocenters. The van der Waals surface area contributed by atoms with Crippen LogP contribution in [0.15, 0.2) is 46.2 Å². The lowest BCUT2D eigenvalue weighted by Crippen LogP contribution is -2.56. The summed E-state index contributed by atoms with van der Waals surface area (Å²) >= 11 is 5.80. The van der Waals surface area contributed by atoms with E-state index in [0.717, 1.165) is 5.56 Å². The summed E-state index contributed by atoms with van der Waals surface area (Å²) < 4.78 is 52.4. The fourth-order valence-corrected chi connectivity index (χ4v) is 7.22. The third kappa shape index (κ3) is 3.29. The molecule has 0 N–H and O–H groups in total. The lowest BCUT2D eigenvalue weighted by molar-refractivity contribution is 0.309. The molecule has 0 radical (unpaired) electrons. The van der Waals surface area contributed by atoms with Gasteiger partial charge in [0.2, 0.25) is 10.0 Å². The molecule has 140 valence electrons. The van der Waals surface area contributed by atoms with Gasteiger partial charge in [0.15, 0.2) is 9.84 Å². The Morgan fingerprint density at radius 3 is 1.92 bits per heavy atom. The Kier molecular flexibility index (Phi) is 4.94. The molecule has 0 aliphatic carbocycles. The summed E-state index contributed by atoms with van der Waals surface area (Å²) in [6.45, 7) is 5.35. The third-order valence-electron chi connectivity index (χ3n) is 4.60. The van der Waals surface area contributed by atoms with E-state index >= 15 is 0 Å². The molecule has 1 fully saturated rings. The van der Waals surface area contributed by atoms with Gasteiger partial charge in [-0.05, 0) is 56.2 Å². The van der Waals surface area contributed by atoms with Crippen molar-refractivity contribution in [2.45, 2.75) is 35.8 Å². The number of benzene rings is 2. The van der Waals surface area contributed by atoms with E-state index in [1.807, 2.05) is 19.1 Å². The van der Waals surface area contributed by atoms with Crippen LogP contribution in [-0.2, 0) is 19.9 Å². The predicted octanol–water partition coefficient (Wildman–Crippen LogP) is 3.11. The summed E-state index contributed by atoms with van der Waals surface area (Å²) in [5.74, 6) is 0. The van der Waals surface area contributed by atoms with Crippen LogP contribution in [0.4, 0.5) is 0 Å². The van der Waals surface area contributed by atoms with Crippen LogP contribution in [0.1, 0.15) is 16.7 Å². The summed E-state index contributed by atoms with van der Waals surface area (Å²) in [7, 11) is -7.30. The molecule has 8 heteroatoms. The van der Waals surface area contributed by atoms with Gasteiger partial charge in [-0.3, -0.25) is 0 Å². The molecule has 2 aromatic rings. The lowest BCUT2D eigenvalue weighted by Gasteiger charge is -2.38. The van der Waals surface area contributed by atoms with Gasteiger partial charge in [-0.1, -0.05) is 29.3 Å². The van der Waals surface area contributed by atoms with Crippen LogP contribution >= 0.6 is 11.6 Å². The molecular weight excluding hydrogens is 394 g/mol. The largest absolute Gasteiger partial charge is 0.243 e. The molecule has 0 amide bonds. The van der Waals surface area contributed by atoms with Crippen LogP contribution in [-0.4, -0.2) is 39.5 Å². The number of aryl methyl sites for hydroxylation is 3. The second kappa shape index (κ2) is 6.64. The average Bonchev–Trinajstić information content (AvgIpc) is 2.43. The van der Waals surface area contributed by atoms with Crippen LogP contribution in [0.25, 0.3) is 0 Å². The van der Waals surface area contributed by atoms with E-state index in [1.165, 1.54) is 28.6 Å². The SMILES string of the molecule is Cc1cc(C)c(S(=O)(=O)N2CC(S(=O)(=O)c3ccc(Cl)cc3)C2)c(C)c1. The molecule has 26 heavy (non-hydrogen) atoms. The van der Waals surface area contributed by atoms with Crippen molar-refractivity contribution in [1.82, 2.24) is 4.31 Å². The van der Waals surface area contributed by atoms with E-state index in [1.54, 1.807) is 13.8 Å². The zero-order valence-electron chi connectivity index (χ0n) is 14.7. The smallest absolute Gasteiger partial charge is 0.223 e. The molecule has 0 bridgehead atoms. The normalized spacial score (nSPS) is 16.5. The number of sulfonamides is 1. The highest BCUT2D eigenvalue weighted by Crippen LogP contribution is 2.32. The van der Waals surface area contributed by atoms with E-state index in [4.69, 9.17) is 11.6 Å². The van der Waals surface area contributed by atoms with Crippen LogP contribution < -0.4 is 0 Å². The van der Waals surface area contributed by atoms with Crippen LogP contribution in [0.2, 0.25) is 5.02 Å². The zero-order chi connectivity index (χ0) is 19.3. The summed E-state index contributed by atoms with van der Waals surface area (Å²) in [6, 6.07) is 9.57. The molecule has 2 aromatic carbocycles. The van der Waals surface area contributed by atoms with Gasteiger partial charge in [0.05, 0.1) is 15.0 Å². The summed E-state index contributed by atoms with van der Waals surface area (Å²) in [6.07, 6.45) is 0. The van der Waals surface area contributed by atoms with E-state index in [-0.39, 0.29) is 22.9 Å². The van der Waals surface area contributed by atoms with E-state index < -0.39 is 25.1 Å². The number of hydrogen-bond donors (Lipinski definition) is 0. The van der Waals surface area contributed by atoms with Crippen molar-refractivity contribution in [2.24, 2.45) is 0 Å². The number of halogens is 1. The first-order valence-corrected chi connectivity index (χ1v) is 11.5. The first-order valence-electron chi connectivity index (χ1n) is 8.11. The van der Waals surface area contributed by atoms with Gasteiger partial charge in [-0.25, -0.2) is 16.8 Å². The third-order valence-corrected chi connectivity index (χ3v) is 9.09. The van der Waals surface area contributed by atoms with E-state index in [0.29, 0.717) is 16.1 Å². The highest BCUT2D eigenvalue weighted by molar-refractivity contribution is 7.92. The Labute approximate surface area is 159 Å². The Hall–Kier alpha value is -1.41. The second-order valence-corrected chi connectivity index (χ2v) is 11.2. The minimum absolute atomic E-state index is 0.0416.